The molecule has 3 rings (SSSR count). The Morgan fingerprint density at radius 1 is 0.862 bits per heavy atom. The third-order valence-corrected chi connectivity index (χ3v) is 4.72. The van der Waals surface area contributed by atoms with E-state index in [0.717, 1.165) is 22.5 Å². The number of nitrogens with one attached hydrogen (secondary N) is 1. The number of likely N-dealkylation sites (N-methyl/N-ethyl adjacent to an activating group) is 1. The van der Waals surface area contributed by atoms with Gasteiger partial charge in [0.15, 0.2) is 6.61 Å². The Balaban J connectivity index is 1.72. The Labute approximate surface area is 170 Å². The molecule has 2 amide bonds. The fourth-order valence-electron chi connectivity index (χ4n) is 3.00. The Morgan fingerprint density at radius 3 is 2.17 bits per heavy atom. The van der Waals surface area contributed by atoms with Crippen LogP contribution >= 0.6 is 0 Å². The molecule has 0 aliphatic heterocycles. The van der Waals surface area contributed by atoms with Crippen molar-refractivity contribution in [2.24, 2.45) is 0 Å². The van der Waals surface area contributed by atoms with Gasteiger partial charge in [0.05, 0.1) is 5.56 Å². The molecule has 0 aromatic heterocycles. The van der Waals surface area contributed by atoms with E-state index in [1.807, 2.05) is 62.4 Å². The lowest BCUT2D eigenvalue weighted by molar-refractivity contribution is -0.120. The molecule has 5 heteroatoms. The van der Waals surface area contributed by atoms with E-state index in [1.165, 1.54) is 4.90 Å². The van der Waals surface area contributed by atoms with Crippen LogP contribution in [0, 0.1) is 13.8 Å². The maximum Gasteiger partial charge on any atom is 0.264 e. The number of hydrogen-bond donors (Lipinski definition) is 1. The average molecular weight is 388 g/mol. The first kappa shape index (κ1) is 20.1. The topological polar surface area (TPSA) is 58.6 Å². The number of ether oxygens (including phenoxy) is 1. The second kappa shape index (κ2) is 9.06. The lowest BCUT2D eigenvalue weighted by atomic mass is 10.1. The van der Waals surface area contributed by atoms with E-state index < -0.39 is 0 Å². The van der Waals surface area contributed by atoms with Gasteiger partial charge in [0.2, 0.25) is 0 Å². The molecule has 5 nitrogen and oxygen atoms in total. The largest absolute Gasteiger partial charge is 0.483 e. The van der Waals surface area contributed by atoms with Gasteiger partial charge >= 0.3 is 0 Å². The highest BCUT2D eigenvalue weighted by atomic mass is 16.5. The average Bonchev–Trinajstić information content (AvgIpc) is 2.75. The highest BCUT2D eigenvalue weighted by Crippen LogP contribution is 2.24. The molecule has 0 saturated carbocycles. The molecule has 0 radical (unpaired) electrons. The minimum atomic E-state index is -0.276. The fourth-order valence-corrected chi connectivity index (χ4v) is 3.00. The molecule has 0 saturated heterocycles. The molecule has 0 bridgehead atoms. The summed E-state index contributed by atoms with van der Waals surface area (Å²) in [4.78, 5) is 26.9. The van der Waals surface area contributed by atoms with E-state index in [9.17, 15) is 9.59 Å². The maximum absolute atomic E-state index is 12.9. The van der Waals surface area contributed by atoms with Crippen molar-refractivity contribution in [2.45, 2.75) is 13.8 Å². The summed E-state index contributed by atoms with van der Waals surface area (Å²) in [5, 5.41) is 2.96. The van der Waals surface area contributed by atoms with Gasteiger partial charge in [-0.15, -0.1) is 0 Å². The summed E-state index contributed by atoms with van der Waals surface area (Å²) in [6, 6.07) is 22.1. The van der Waals surface area contributed by atoms with Gasteiger partial charge in [-0.1, -0.05) is 48.5 Å². The third-order valence-electron chi connectivity index (χ3n) is 4.72. The van der Waals surface area contributed by atoms with Crippen LogP contribution in [0.25, 0.3) is 0 Å². The van der Waals surface area contributed by atoms with E-state index in [-0.39, 0.29) is 18.4 Å². The predicted octanol–water partition coefficient (Wildman–Crippen LogP) is 4.60. The minimum Gasteiger partial charge on any atom is -0.483 e. The van der Waals surface area contributed by atoms with Gasteiger partial charge in [0.1, 0.15) is 5.75 Å². The number of nitrogens with zero attached hydrogens (tertiary/aromatic N) is 1. The predicted molar refractivity (Wildman–Crippen MR) is 116 cm³/mol. The Morgan fingerprint density at radius 2 is 1.48 bits per heavy atom. The second-order valence-electron chi connectivity index (χ2n) is 6.79. The molecule has 3 aromatic carbocycles. The number of carbonyl (C=O) groups excluding carboxylic acids is 2. The zero-order chi connectivity index (χ0) is 20.8. The summed E-state index contributed by atoms with van der Waals surface area (Å²) < 4.78 is 5.71. The van der Waals surface area contributed by atoms with Crippen LogP contribution in [0.2, 0.25) is 0 Å². The van der Waals surface area contributed by atoms with E-state index >= 15 is 0 Å². The first-order valence-corrected chi connectivity index (χ1v) is 9.38. The van der Waals surface area contributed by atoms with Crippen LogP contribution in [0.1, 0.15) is 21.5 Å². The number of carbonyl (C=O) groups is 2. The van der Waals surface area contributed by atoms with Crippen LogP contribution in [-0.4, -0.2) is 25.5 Å². The lowest BCUT2D eigenvalue weighted by Gasteiger charge is -2.18. The van der Waals surface area contributed by atoms with Crippen LogP contribution in [0.4, 0.5) is 11.4 Å². The third kappa shape index (κ3) is 4.82. The molecule has 3 aromatic rings. The van der Waals surface area contributed by atoms with Crippen molar-refractivity contribution < 1.29 is 14.3 Å². The van der Waals surface area contributed by atoms with Gasteiger partial charge in [0.25, 0.3) is 11.8 Å². The van der Waals surface area contributed by atoms with Crippen molar-refractivity contribution in [3.05, 3.63) is 89.5 Å². The van der Waals surface area contributed by atoms with Gasteiger partial charge in [-0.25, -0.2) is 0 Å². The number of aryl methyl sites for hydroxylation is 2. The summed E-state index contributed by atoms with van der Waals surface area (Å²) in [5.41, 5.74) is 3.91. The van der Waals surface area contributed by atoms with Crippen molar-refractivity contribution in [3.8, 4) is 5.75 Å². The molecule has 148 valence electrons. The summed E-state index contributed by atoms with van der Waals surface area (Å²) in [5.74, 6) is -0.117. The van der Waals surface area contributed by atoms with E-state index in [1.54, 1.807) is 31.3 Å². The normalized spacial score (nSPS) is 10.3. The molecule has 0 unspecified atom stereocenters. The molecule has 0 aliphatic carbocycles. The fraction of sp³-hybridized carbons (Fsp3) is 0.167. The number of benzene rings is 3. The zero-order valence-corrected chi connectivity index (χ0v) is 16.8. The molecule has 29 heavy (non-hydrogen) atoms. The number of hydrogen-bond acceptors (Lipinski definition) is 3. The molecule has 0 aliphatic rings. The molecule has 0 fully saturated rings. The molecule has 0 atom stereocenters. The summed E-state index contributed by atoms with van der Waals surface area (Å²) in [7, 11) is 1.70. The van der Waals surface area contributed by atoms with Crippen LogP contribution in [-0.2, 0) is 4.79 Å². The van der Waals surface area contributed by atoms with Gasteiger partial charge < -0.3 is 15.0 Å². The van der Waals surface area contributed by atoms with Crippen molar-refractivity contribution in [2.75, 3.05) is 23.9 Å². The highest BCUT2D eigenvalue weighted by Gasteiger charge is 2.17. The molecule has 0 heterocycles. The minimum absolute atomic E-state index is 0.168. The van der Waals surface area contributed by atoms with E-state index in [0.29, 0.717) is 11.3 Å². The van der Waals surface area contributed by atoms with Gasteiger partial charge in [0, 0.05) is 18.4 Å². The standard InChI is InChI=1S/C24H24N2O3/c1-17-10-9-11-18(2)23(17)25-24(28)20-14-7-8-15-21(20)29-16-22(27)26(3)19-12-5-4-6-13-19/h4-15H,16H2,1-3H3,(H,25,28). The molecular weight excluding hydrogens is 364 g/mol. The summed E-state index contributed by atoms with van der Waals surface area (Å²) in [6.07, 6.45) is 0. The number of amides is 2. The SMILES string of the molecule is Cc1cccc(C)c1NC(=O)c1ccccc1OCC(=O)N(C)c1ccccc1. The van der Waals surface area contributed by atoms with Gasteiger partial charge in [-0.05, 0) is 49.2 Å². The van der Waals surface area contributed by atoms with Crippen molar-refractivity contribution in [1.82, 2.24) is 0 Å². The molecular formula is C24H24N2O3. The summed E-state index contributed by atoms with van der Waals surface area (Å²) in [6.45, 7) is 3.73. The Bertz CT molecular complexity index is 995. The number of anilines is 2. The molecule has 1 N–H and O–H groups in total. The monoisotopic (exact) mass is 388 g/mol. The van der Waals surface area contributed by atoms with Crippen molar-refractivity contribution >= 4 is 23.2 Å². The first-order chi connectivity index (χ1) is 14.0. The molecule has 0 spiro atoms. The Kier molecular flexibility index (Phi) is 6.29. The summed E-state index contributed by atoms with van der Waals surface area (Å²) >= 11 is 0. The van der Waals surface area contributed by atoms with E-state index in [2.05, 4.69) is 5.32 Å². The van der Waals surface area contributed by atoms with Crippen LogP contribution < -0.4 is 15.0 Å². The quantitative estimate of drug-likeness (QED) is 0.671. The number of para-hydroxylation sites is 3. The smallest absolute Gasteiger partial charge is 0.264 e. The second-order valence-corrected chi connectivity index (χ2v) is 6.79. The van der Waals surface area contributed by atoms with Crippen LogP contribution in [0.5, 0.6) is 5.75 Å². The van der Waals surface area contributed by atoms with Crippen molar-refractivity contribution in [1.29, 1.82) is 0 Å². The van der Waals surface area contributed by atoms with Gasteiger partial charge in [-0.3, -0.25) is 9.59 Å². The zero-order valence-electron chi connectivity index (χ0n) is 16.8. The van der Waals surface area contributed by atoms with Crippen LogP contribution in [0.15, 0.2) is 72.8 Å². The van der Waals surface area contributed by atoms with Crippen molar-refractivity contribution in [3.63, 3.8) is 0 Å². The highest BCUT2D eigenvalue weighted by molar-refractivity contribution is 6.07. The lowest BCUT2D eigenvalue weighted by Crippen LogP contribution is -2.31. The van der Waals surface area contributed by atoms with Crippen LogP contribution in [0.3, 0.4) is 0 Å². The van der Waals surface area contributed by atoms with Gasteiger partial charge in [-0.2, -0.15) is 0 Å². The maximum atomic E-state index is 12.9. The Hall–Kier alpha value is -3.60. The number of rotatable bonds is 6. The van der Waals surface area contributed by atoms with E-state index in [4.69, 9.17) is 4.74 Å². The first-order valence-electron chi connectivity index (χ1n) is 9.38.